The third-order valence-corrected chi connectivity index (χ3v) is 6.65. The first-order valence-electron chi connectivity index (χ1n) is 11.8. The summed E-state index contributed by atoms with van der Waals surface area (Å²) >= 11 is 0. The summed E-state index contributed by atoms with van der Waals surface area (Å²) in [6.07, 6.45) is 8.99. The van der Waals surface area contributed by atoms with Crippen LogP contribution in [0.5, 0.6) is 11.5 Å². The molecule has 3 N–H and O–H groups in total. The molecule has 6 nitrogen and oxygen atoms in total. The Balaban J connectivity index is 1.23. The Morgan fingerprint density at radius 3 is 1.97 bits per heavy atom. The molecule has 0 unspecified atom stereocenters. The summed E-state index contributed by atoms with van der Waals surface area (Å²) in [6.45, 7) is 3.37. The SMILES string of the molecule is NC(=O)c1ccc(Oc2ccc(C(=O)NC3CCN(CC4CCCCC4)CC3)cc2)cc1. The first kappa shape index (κ1) is 22.3. The summed E-state index contributed by atoms with van der Waals surface area (Å²) < 4.78 is 5.78. The molecule has 0 bridgehead atoms. The zero-order valence-electron chi connectivity index (χ0n) is 18.6. The number of carbonyl (C=O) groups is 2. The van der Waals surface area contributed by atoms with Gasteiger partial charge in [0, 0.05) is 36.8 Å². The number of likely N-dealkylation sites (tertiary alicyclic amines) is 1. The number of nitrogens with zero attached hydrogens (tertiary/aromatic N) is 1. The van der Waals surface area contributed by atoms with Gasteiger partial charge in [0.05, 0.1) is 0 Å². The molecule has 0 spiro atoms. The molecule has 0 radical (unpaired) electrons. The van der Waals surface area contributed by atoms with Gasteiger partial charge in [-0.15, -0.1) is 0 Å². The van der Waals surface area contributed by atoms with Gasteiger partial charge in [-0.2, -0.15) is 0 Å². The van der Waals surface area contributed by atoms with Gasteiger partial charge in [-0.25, -0.2) is 0 Å². The molecule has 170 valence electrons. The highest BCUT2D eigenvalue weighted by atomic mass is 16.5. The second kappa shape index (κ2) is 10.6. The van der Waals surface area contributed by atoms with E-state index in [9.17, 15) is 9.59 Å². The second-order valence-corrected chi connectivity index (χ2v) is 9.07. The molecule has 2 fully saturated rings. The van der Waals surface area contributed by atoms with Crippen LogP contribution in [-0.4, -0.2) is 42.4 Å². The number of benzene rings is 2. The maximum absolute atomic E-state index is 12.7. The smallest absolute Gasteiger partial charge is 0.251 e. The summed E-state index contributed by atoms with van der Waals surface area (Å²) in [4.78, 5) is 26.4. The first-order chi connectivity index (χ1) is 15.6. The van der Waals surface area contributed by atoms with Gasteiger partial charge in [0.25, 0.3) is 5.91 Å². The van der Waals surface area contributed by atoms with E-state index in [0.29, 0.717) is 22.6 Å². The number of carbonyl (C=O) groups excluding carboxylic acids is 2. The second-order valence-electron chi connectivity index (χ2n) is 9.07. The zero-order chi connectivity index (χ0) is 22.3. The monoisotopic (exact) mass is 435 g/mol. The van der Waals surface area contributed by atoms with Crippen molar-refractivity contribution in [2.75, 3.05) is 19.6 Å². The van der Waals surface area contributed by atoms with Crippen molar-refractivity contribution < 1.29 is 14.3 Å². The van der Waals surface area contributed by atoms with Gasteiger partial charge >= 0.3 is 0 Å². The van der Waals surface area contributed by atoms with Crippen molar-refractivity contribution >= 4 is 11.8 Å². The average Bonchev–Trinajstić information content (AvgIpc) is 2.82. The lowest BCUT2D eigenvalue weighted by molar-refractivity contribution is 0.0901. The molecule has 1 heterocycles. The predicted molar refractivity (Wildman–Crippen MR) is 125 cm³/mol. The summed E-state index contributed by atoms with van der Waals surface area (Å²) in [7, 11) is 0. The van der Waals surface area contributed by atoms with Gasteiger partial charge in [0.2, 0.25) is 5.91 Å². The maximum Gasteiger partial charge on any atom is 0.251 e. The molecule has 2 aliphatic rings. The molecule has 0 atom stereocenters. The molecule has 6 heteroatoms. The van der Waals surface area contributed by atoms with Crippen LogP contribution in [0.2, 0.25) is 0 Å². The van der Waals surface area contributed by atoms with Crippen LogP contribution in [0, 0.1) is 5.92 Å². The quantitative estimate of drug-likeness (QED) is 0.677. The summed E-state index contributed by atoms with van der Waals surface area (Å²) in [6, 6.07) is 14.0. The van der Waals surface area contributed by atoms with Crippen LogP contribution >= 0.6 is 0 Å². The first-order valence-corrected chi connectivity index (χ1v) is 11.8. The minimum atomic E-state index is -0.471. The Labute approximate surface area is 190 Å². The molecule has 4 rings (SSSR count). The lowest BCUT2D eigenvalue weighted by atomic mass is 9.88. The van der Waals surface area contributed by atoms with E-state index in [1.165, 1.54) is 38.6 Å². The number of primary amides is 1. The normalized spacial score (nSPS) is 18.2. The molecule has 0 aromatic heterocycles. The highest BCUT2D eigenvalue weighted by molar-refractivity contribution is 5.94. The Kier molecular flexibility index (Phi) is 7.43. The molecule has 2 aromatic carbocycles. The van der Waals surface area contributed by atoms with Gasteiger partial charge in [-0.3, -0.25) is 9.59 Å². The summed E-state index contributed by atoms with van der Waals surface area (Å²) in [5, 5.41) is 3.20. The fourth-order valence-corrected chi connectivity index (χ4v) is 4.76. The van der Waals surface area contributed by atoms with Crippen LogP contribution < -0.4 is 15.8 Å². The molecule has 2 amide bonds. The lowest BCUT2D eigenvalue weighted by Crippen LogP contribution is -2.45. The van der Waals surface area contributed by atoms with Crippen molar-refractivity contribution in [3.05, 3.63) is 59.7 Å². The third kappa shape index (κ3) is 6.10. The number of nitrogens with one attached hydrogen (secondary N) is 1. The highest BCUT2D eigenvalue weighted by Gasteiger charge is 2.24. The van der Waals surface area contributed by atoms with E-state index in [1.54, 1.807) is 48.5 Å². The number of rotatable bonds is 7. The number of hydrogen-bond donors (Lipinski definition) is 2. The van der Waals surface area contributed by atoms with Crippen LogP contribution in [-0.2, 0) is 0 Å². The fraction of sp³-hybridized carbons (Fsp3) is 0.462. The average molecular weight is 436 g/mol. The molecule has 1 aliphatic carbocycles. The van der Waals surface area contributed by atoms with Crippen LogP contribution in [0.1, 0.15) is 65.7 Å². The molecule has 2 aromatic rings. The van der Waals surface area contributed by atoms with Gasteiger partial charge < -0.3 is 20.7 Å². The van der Waals surface area contributed by atoms with Gasteiger partial charge in [0.15, 0.2) is 0 Å². The van der Waals surface area contributed by atoms with E-state index in [1.807, 2.05) is 0 Å². The number of amides is 2. The van der Waals surface area contributed by atoms with E-state index in [2.05, 4.69) is 10.2 Å². The number of hydrogen-bond acceptors (Lipinski definition) is 4. The van der Waals surface area contributed by atoms with E-state index < -0.39 is 5.91 Å². The van der Waals surface area contributed by atoms with E-state index in [4.69, 9.17) is 10.5 Å². The molecular weight excluding hydrogens is 402 g/mol. The molecule has 32 heavy (non-hydrogen) atoms. The maximum atomic E-state index is 12.7. The standard InChI is InChI=1S/C26H33N3O3/c27-25(30)20-6-10-23(11-7-20)32-24-12-8-21(9-13-24)26(31)28-22-14-16-29(17-15-22)18-19-4-2-1-3-5-19/h6-13,19,22H,1-5,14-18H2,(H2,27,30)(H,28,31). The van der Waals surface area contributed by atoms with Crippen LogP contribution in [0.4, 0.5) is 0 Å². The molecule has 1 saturated carbocycles. The van der Waals surface area contributed by atoms with Gasteiger partial charge in [0.1, 0.15) is 11.5 Å². The van der Waals surface area contributed by atoms with Crippen molar-refractivity contribution in [3.8, 4) is 11.5 Å². The summed E-state index contributed by atoms with van der Waals surface area (Å²) in [5.41, 5.74) is 6.32. The molecular formula is C26H33N3O3. The molecule has 1 aliphatic heterocycles. The Bertz CT molecular complexity index is 897. The van der Waals surface area contributed by atoms with Crippen LogP contribution in [0.15, 0.2) is 48.5 Å². The highest BCUT2D eigenvalue weighted by Crippen LogP contribution is 2.26. The minimum Gasteiger partial charge on any atom is -0.457 e. The predicted octanol–water partition coefficient (Wildman–Crippen LogP) is 4.35. The Morgan fingerprint density at radius 2 is 1.41 bits per heavy atom. The summed E-state index contributed by atoms with van der Waals surface area (Å²) in [5.74, 6) is 1.60. The van der Waals surface area contributed by atoms with E-state index >= 15 is 0 Å². The third-order valence-electron chi connectivity index (χ3n) is 6.65. The Hall–Kier alpha value is -2.86. The largest absolute Gasteiger partial charge is 0.457 e. The number of ether oxygens (including phenoxy) is 1. The van der Waals surface area contributed by atoms with Crippen molar-refractivity contribution in [2.45, 2.75) is 51.0 Å². The van der Waals surface area contributed by atoms with Crippen LogP contribution in [0.3, 0.4) is 0 Å². The van der Waals surface area contributed by atoms with Crippen molar-refractivity contribution in [2.24, 2.45) is 11.7 Å². The topological polar surface area (TPSA) is 84.7 Å². The number of piperidine rings is 1. The van der Waals surface area contributed by atoms with E-state index in [0.717, 1.165) is 31.8 Å². The van der Waals surface area contributed by atoms with Crippen LogP contribution in [0.25, 0.3) is 0 Å². The van der Waals surface area contributed by atoms with Crippen molar-refractivity contribution in [1.29, 1.82) is 0 Å². The fourth-order valence-electron chi connectivity index (χ4n) is 4.76. The van der Waals surface area contributed by atoms with Crippen molar-refractivity contribution in [3.63, 3.8) is 0 Å². The van der Waals surface area contributed by atoms with Gasteiger partial charge in [-0.05, 0) is 80.1 Å². The molecule has 1 saturated heterocycles. The van der Waals surface area contributed by atoms with E-state index in [-0.39, 0.29) is 11.9 Å². The van der Waals surface area contributed by atoms with Crippen molar-refractivity contribution in [1.82, 2.24) is 10.2 Å². The zero-order valence-corrected chi connectivity index (χ0v) is 18.6. The number of nitrogens with two attached hydrogens (primary N) is 1. The lowest BCUT2D eigenvalue weighted by Gasteiger charge is -2.35. The Morgan fingerprint density at radius 1 is 0.844 bits per heavy atom. The minimum absolute atomic E-state index is 0.0342. The van der Waals surface area contributed by atoms with Gasteiger partial charge in [-0.1, -0.05) is 19.3 Å².